The summed E-state index contributed by atoms with van der Waals surface area (Å²) in [6, 6.07) is 5.59. The predicted octanol–water partition coefficient (Wildman–Crippen LogP) is 2.25. The number of anilines is 2. The lowest BCUT2D eigenvalue weighted by Crippen LogP contribution is -2.34. The number of nitrogens with one attached hydrogen (secondary N) is 1. The van der Waals surface area contributed by atoms with E-state index >= 15 is 0 Å². The van der Waals surface area contributed by atoms with Gasteiger partial charge in [-0.2, -0.15) is 0 Å². The minimum absolute atomic E-state index is 0.0381. The normalized spacial score (nSPS) is 14.7. The lowest BCUT2D eigenvalue weighted by atomic mass is 10.1. The van der Waals surface area contributed by atoms with Gasteiger partial charge in [0.2, 0.25) is 5.91 Å². The molecule has 0 radical (unpaired) electrons. The Hall–Kier alpha value is -1.55. The van der Waals surface area contributed by atoms with Gasteiger partial charge < -0.3 is 11.1 Å². The molecule has 4 heteroatoms. The molecule has 1 aromatic rings. The summed E-state index contributed by atoms with van der Waals surface area (Å²) in [5, 5.41) is 2.95. The van der Waals surface area contributed by atoms with Gasteiger partial charge in [0, 0.05) is 17.9 Å². The van der Waals surface area contributed by atoms with Crippen LogP contribution in [0.15, 0.2) is 18.2 Å². The van der Waals surface area contributed by atoms with Crippen molar-refractivity contribution < 1.29 is 4.79 Å². The summed E-state index contributed by atoms with van der Waals surface area (Å²) < 4.78 is 0. The first-order valence-electron chi connectivity index (χ1n) is 6.97. The molecular weight excluding hydrogens is 238 g/mol. The summed E-state index contributed by atoms with van der Waals surface area (Å²) in [6.07, 6.45) is 2.62. The van der Waals surface area contributed by atoms with E-state index in [4.69, 9.17) is 5.73 Å². The van der Waals surface area contributed by atoms with Crippen molar-refractivity contribution in [3.05, 3.63) is 23.8 Å². The molecule has 0 bridgehead atoms. The van der Waals surface area contributed by atoms with E-state index in [1.54, 1.807) is 0 Å². The summed E-state index contributed by atoms with van der Waals surface area (Å²) >= 11 is 0. The second kappa shape index (κ2) is 6.06. The Morgan fingerprint density at radius 3 is 2.84 bits per heavy atom. The first-order chi connectivity index (χ1) is 9.10. The highest BCUT2D eigenvalue weighted by Crippen LogP contribution is 2.29. The van der Waals surface area contributed by atoms with Crippen LogP contribution in [0.1, 0.15) is 25.3 Å². The molecule has 0 unspecified atom stereocenters. The number of nitrogens with zero attached hydrogens (tertiary/aromatic N) is 1. The molecule has 1 aliphatic carbocycles. The van der Waals surface area contributed by atoms with Crippen molar-refractivity contribution >= 4 is 17.3 Å². The molecule has 1 fully saturated rings. The second-order valence-electron chi connectivity index (χ2n) is 5.34. The van der Waals surface area contributed by atoms with Gasteiger partial charge in [-0.1, -0.05) is 13.0 Å². The molecule has 0 spiro atoms. The van der Waals surface area contributed by atoms with Crippen molar-refractivity contribution in [3.8, 4) is 0 Å². The number of carbonyl (C=O) groups is 1. The summed E-state index contributed by atoms with van der Waals surface area (Å²) in [7, 11) is 0. The maximum Gasteiger partial charge on any atom is 0.238 e. The third-order valence-corrected chi connectivity index (χ3v) is 3.68. The Kier molecular flexibility index (Phi) is 4.43. The minimum Gasteiger partial charge on any atom is -0.398 e. The number of amides is 1. The number of benzene rings is 1. The molecule has 0 heterocycles. The molecule has 0 saturated heterocycles. The molecule has 2 rings (SSSR count). The SMILES string of the molecule is CCN(CC(=O)Nc1cccc(N)c1C)CC1CC1. The summed E-state index contributed by atoms with van der Waals surface area (Å²) in [6.45, 7) is 6.44. The van der Waals surface area contributed by atoms with Crippen LogP contribution in [0, 0.1) is 12.8 Å². The van der Waals surface area contributed by atoms with Gasteiger partial charge in [0.1, 0.15) is 0 Å². The number of rotatable bonds is 6. The molecule has 1 aliphatic rings. The van der Waals surface area contributed by atoms with E-state index in [0.29, 0.717) is 12.2 Å². The first kappa shape index (κ1) is 13.9. The molecule has 104 valence electrons. The Balaban J connectivity index is 1.90. The number of hydrogen-bond acceptors (Lipinski definition) is 3. The second-order valence-corrected chi connectivity index (χ2v) is 5.34. The molecule has 0 aliphatic heterocycles. The molecule has 3 N–H and O–H groups in total. The summed E-state index contributed by atoms with van der Waals surface area (Å²) in [4.78, 5) is 14.3. The van der Waals surface area contributed by atoms with Crippen molar-refractivity contribution in [2.45, 2.75) is 26.7 Å². The quantitative estimate of drug-likeness (QED) is 0.772. The highest BCUT2D eigenvalue weighted by molar-refractivity contribution is 5.93. The van der Waals surface area contributed by atoms with E-state index in [1.807, 2.05) is 25.1 Å². The van der Waals surface area contributed by atoms with Gasteiger partial charge in [-0.3, -0.25) is 9.69 Å². The highest BCUT2D eigenvalue weighted by atomic mass is 16.2. The van der Waals surface area contributed by atoms with Gasteiger partial charge in [-0.05, 0) is 49.9 Å². The fourth-order valence-electron chi connectivity index (χ4n) is 2.15. The van der Waals surface area contributed by atoms with Crippen molar-refractivity contribution in [3.63, 3.8) is 0 Å². The van der Waals surface area contributed by atoms with Gasteiger partial charge in [-0.15, -0.1) is 0 Å². The van der Waals surface area contributed by atoms with Crippen LogP contribution in [0.25, 0.3) is 0 Å². The summed E-state index contributed by atoms with van der Waals surface area (Å²) in [5.74, 6) is 0.845. The molecule has 19 heavy (non-hydrogen) atoms. The lowest BCUT2D eigenvalue weighted by Gasteiger charge is -2.20. The van der Waals surface area contributed by atoms with Crippen molar-refractivity contribution in [1.29, 1.82) is 0 Å². The van der Waals surface area contributed by atoms with Gasteiger partial charge in [0.15, 0.2) is 0 Å². The van der Waals surface area contributed by atoms with Gasteiger partial charge >= 0.3 is 0 Å². The highest BCUT2D eigenvalue weighted by Gasteiger charge is 2.24. The van der Waals surface area contributed by atoms with Gasteiger partial charge in [0.05, 0.1) is 6.54 Å². The Bertz CT molecular complexity index is 455. The van der Waals surface area contributed by atoms with Crippen molar-refractivity contribution in [1.82, 2.24) is 4.90 Å². The van der Waals surface area contributed by atoms with E-state index in [1.165, 1.54) is 12.8 Å². The van der Waals surface area contributed by atoms with Crippen LogP contribution in [0.4, 0.5) is 11.4 Å². The third kappa shape index (κ3) is 3.96. The molecule has 0 aromatic heterocycles. The van der Waals surface area contributed by atoms with Crippen LogP contribution in [-0.4, -0.2) is 30.4 Å². The standard InChI is InChI=1S/C15H23N3O/c1-3-18(9-12-7-8-12)10-15(19)17-14-6-4-5-13(16)11(14)2/h4-6,12H,3,7-10,16H2,1-2H3,(H,17,19). The zero-order chi connectivity index (χ0) is 13.8. The van der Waals surface area contributed by atoms with Gasteiger partial charge in [0.25, 0.3) is 0 Å². The summed E-state index contributed by atoms with van der Waals surface area (Å²) in [5.41, 5.74) is 8.29. The van der Waals surface area contributed by atoms with E-state index in [-0.39, 0.29) is 5.91 Å². The lowest BCUT2D eigenvalue weighted by molar-refractivity contribution is -0.117. The molecule has 0 atom stereocenters. The number of nitrogen functional groups attached to an aromatic ring is 1. The van der Waals surface area contributed by atoms with Crippen LogP contribution < -0.4 is 11.1 Å². The molecule has 1 saturated carbocycles. The maximum absolute atomic E-state index is 12.1. The zero-order valence-electron chi connectivity index (χ0n) is 11.8. The van der Waals surface area contributed by atoms with Crippen molar-refractivity contribution in [2.75, 3.05) is 30.7 Å². The number of hydrogen-bond donors (Lipinski definition) is 2. The number of carbonyl (C=O) groups excluding carboxylic acids is 1. The Morgan fingerprint density at radius 2 is 2.21 bits per heavy atom. The topological polar surface area (TPSA) is 58.4 Å². The smallest absolute Gasteiger partial charge is 0.238 e. The van der Waals surface area contributed by atoms with Crippen LogP contribution >= 0.6 is 0 Å². The largest absolute Gasteiger partial charge is 0.398 e. The monoisotopic (exact) mass is 261 g/mol. The average molecular weight is 261 g/mol. The predicted molar refractivity (Wildman–Crippen MR) is 79.1 cm³/mol. The van der Waals surface area contributed by atoms with Crippen LogP contribution in [-0.2, 0) is 4.79 Å². The fraction of sp³-hybridized carbons (Fsp3) is 0.533. The van der Waals surface area contributed by atoms with Crippen LogP contribution in [0.3, 0.4) is 0 Å². The third-order valence-electron chi connectivity index (χ3n) is 3.68. The van der Waals surface area contributed by atoms with Crippen molar-refractivity contribution in [2.24, 2.45) is 5.92 Å². The molecule has 1 aromatic carbocycles. The maximum atomic E-state index is 12.1. The molecular formula is C15H23N3O. The van der Waals surface area contributed by atoms with Gasteiger partial charge in [-0.25, -0.2) is 0 Å². The molecule has 1 amide bonds. The average Bonchev–Trinajstić information content (AvgIpc) is 3.18. The van der Waals surface area contributed by atoms with E-state index in [9.17, 15) is 4.79 Å². The van der Waals surface area contributed by atoms with E-state index in [2.05, 4.69) is 17.1 Å². The zero-order valence-corrected chi connectivity index (χ0v) is 11.8. The Labute approximate surface area is 115 Å². The minimum atomic E-state index is 0.0381. The first-order valence-corrected chi connectivity index (χ1v) is 6.97. The van der Waals surface area contributed by atoms with Crippen LogP contribution in [0.2, 0.25) is 0 Å². The number of likely N-dealkylation sites (N-methyl/N-ethyl adjacent to an activating group) is 1. The van der Waals surface area contributed by atoms with E-state index < -0.39 is 0 Å². The Morgan fingerprint density at radius 1 is 1.47 bits per heavy atom. The van der Waals surface area contributed by atoms with E-state index in [0.717, 1.165) is 30.3 Å². The molecule has 4 nitrogen and oxygen atoms in total. The van der Waals surface area contributed by atoms with Crippen LogP contribution in [0.5, 0.6) is 0 Å². The number of nitrogens with two attached hydrogens (primary N) is 1. The fourth-order valence-corrected chi connectivity index (χ4v) is 2.15.